The van der Waals surface area contributed by atoms with E-state index in [2.05, 4.69) is 15.4 Å². The van der Waals surface area contributed by atoms with Crippen molar-refractivity contribution in [2.75, 3.05) is 69.2 Å². The zero-order chi connectivity index (χ0) is 42.3. The third-order valence-electron chi connectivity index (χ3n) is 12.4. The van der Waals surface area contributed by atoms with Crippen molar-refractivity contribution in [2.24, 2.45) is 0 Å². The van der Waals surface area contributed by atoms with Gasteiger partial charge in [0.05, 0.1) is 53.6 Å². The molecule has 4 fully saturated rings. The molecule has 11 rings (SSSR count). The molecule has 16 nitrogen and oxygen atoms in total. The SMILES string of the molecule is COCCN1C[C@@H]2C[C@H](C1=O)N2c1nc(N2C[C@@H]3C[C@H]2C(=O)N(C)C[C@H](OC)Cn2c(C)nc4cc(F)cc(c42)-c2cccc(n2)N3)c2cnn(-c3ccc(F)cc3F)c2n1. The van der Waals surface area contributed by atoms with Crippen molar-refractivity contribution in [2.45, 2.75) is 56.6 Å². The molecule has 4 saturated heterocycles. The number of amides is 2. The summed E-state index contributed by atoms with van der Waals surface area (Å²) in [4.78, 5) is 55.4. The lowest BCUT2D eigenvalue weighted by Crippen LogP contribution is -2.72. The number of hydrogen-bond donors (Lipinski definition) is 1. The average Bonchev–Trinajstić information content (AvgIpc) is 3.93. The molecule has 5 atom stereocenters. The Morgan fingerprint density at radius 1 is 0.885 bits per heavy atom. The van der Waals surface area contributed by atoms with Gasteiger partial charge < -0.3 is 39.0 Å². The molecule has 61 heavy (non-hydrogen) atoms. The van der Waals surface area contributed by atoms with E-state index >= 15 is 8.78 Å². The normalized spacial score (nSPS) is 22.8. The van der Waals surface area contributed by atoms with E-state index < -0.39 is 35.6 Å². The maximum absolute atomic E-state index is 15.4. The number of anilines is 3. The Morgan fingerprint density at radius 2 is 1.74 bits per heavy atom. The van der Waals surface area contributed by atoms with Gasteiger partial charge in [-0.25, -0.2) is 27.8 Å². The fourth-order valence-corrected chi connectivity index (χ4v) is 9.40. The number of benzene rings is 2. The molecule has 0 aliphatic carbocycles. The molecule has 4 aromatic heterocycles. The van der Waals surface area contributed by atoms with Gasteiger partial charge in [0, 0.05) is 71.2 Å². The number of aromatic nitrogens is 7. The molecule has 5 aliphatic rings. The van der Waals surface area contributed by atoms with Gasteiger partial charge in [0.15, 0.2) is 11.5 Å². The zero-order valence-corrected chi connectivity index (χ0v) is 33.9. The summed E-state index contributed by atoms with van der Waals surface area (Å²) in [7, 11) is 4.91. The van der Waals surface area contributed by atoms with Gasteiger partial charge in [-0.2, -0.15) is 15.1 Å². The van der Waals surface area contributed by atoms with Crippen LogP contribution in [0, 0.1) is 24.4 Å². The minimum absolute atomic E-state index is 0.0317. The third-order valence-corrected chi connectivity index (χ3v) is 12.4. The van der Waals surface area contributed by atoms with E-state index in [1.54, 1.807) is 31.1 Å². The van der Waals surface area contributed by atoms with Crippen LogP contribution in [0.15, 0.2) is 54.7 Å². The number of piperidine rings is 1. The molecule has 0 radical (unpaired) electrons. The van der Waals surface area contributed by atoms with Crippen LogP contribution in [0.25, 0.3) is 39.0 Å². The summed E-state index contributed by atoms with van der Waals surface area (Å²) < 4.78 is 59.2. The van der Waals surface area contributed by atoms with Gasteiger partial charge in [-0.05, 0) is 50.1 Å². The van der Waals surface area contributed by atoms with Crippen molar-refractivity contribution in [1.82, 2.24) is 44.1 Å². The molecule has 0 spiro atoms. The van der Waals surface area contributed by atoms with E-state index in [1.807, 2.05) is 39.5 Å². The van der Waals surface area contributed by atoms with Crippen molar-refractivity contribution >= 4 is 51.5 Å². The Kier molecular flexibility index (Phi) is 9.54. The molecule has 0 saturated carbocycles. The maximum Gasteiger partial charge on any atom is 0.245 e. The number of ether oxygens (including phenoxy) is 2. The Labute approximate surface area is 347 Å². The van der Waals surface area contributed by atoms with Crippen molar-refractivity contribution in [1.29, 1.82) is 0 Å². The number of nitrogens with one attached hydrogen (secondary N) is 1. The quantitative estimate of drug-likeness (QED) is 0.248. The van der Waals surface area contributed by atoms with Crippen molar-refractivity contribution < 1.29 is 32.2 Å². The second-order valence-corrected chi connectivity index (χ2v) is 16.1. The van der Waals surface area contributed by atoms with Crippen LogP contribution in [0.1, 0.15) is 18.7 Å². The standard InChI is InChI=1S/C42H43F3N12O4/c1-22-47-32-14-24(44)12-28-31-6-5-7-36(49-31)48-25-15-34(40(58)52(2)20-27(61-4)21-54(22)37(28)32)55(18-25)38-29-17-46-57(33-9-8-23(43)13-30(33)45)39(29)51-42(50-38)56-26-16-35(56)41(59)53(19-26)10-11-60-3/h5-9,12-14,17,25-27,34-35H,10-11,15-16,18-21H2,1-4H3,(H,48,49)/t25-,26-,27-,34-,35+/m0/s1. The topological polar surface area (TPSA) is 152 Å². The first-order chi connectivity index (χ1) is 29.5. The molecular formula is C42H43F3N12O4. The predicted octanol–water partition coefficient (Wildman–Crippen LogP) is 3.94. The number of fused-ring (bicyclic) bond motifs is 8. The highest BCUT2D eigenvalue weighted by Crippen LogP contribution is 2.41. The number of imidazole rings is 1. The number of carbonyl (C=O) groups excluding carboxylic acids is 2. The second-order valence-electron chi connectivity index (χ2n) is 16.1. The predicted molar refractivity (Wildman–Crippen MR) is 219 cm³/mol. The van der Waals surface area contributed by atoms with Gasteiger partial charge in [-0.3, -0.25) is 9.59 Å². The van der Waals surface area contributed by atoms with Gasteiger partial charge in [0.2, 0.25) is 17.8 Å². The molecular weight excluding hydrogens is 794 g/mol. The number of pyridine rings is 1. The minimum Gasteiger partial charge on any atom is -0.383 e. The lowest BCUT2D eigenvalue weighted by molar-refractivity contribution is -0.140. The number of halogens is 3. The van der Waals surface area contributed by atoms with Crippen LogP contribution in [-0.4, -0.2) is 140 Å². The van der Waals surface area contributed by atoms with Crippen LogP contribution in [0.4, 0.5) is 30.8 Å². The van der Waals surface area contributed by atoms with Crippen LogP contribution in [0.5, 0.6) is 0 Å². The number of carbonyl (C=O) groups is 2. The van der Waals surface area contributed by atoms with Gasteiger partial charge in [0.25, 0.3) is 0 Å². The van der Waals surface area contributed by atoms with Crippen LogP contribution in [-0.2, 0) is 25.6 Å². The molecule has 6 aromatic rings. The lowest BCUT2D eigenvalue weighted by Gasteiger charge is -2.55. The summed E-state index contributed by atoms with van der Waals surface area (Å²) in [6.45, 7) is 3.95. The highest BCUT2D eigenvalue weighted by molar-refractivity contribution is 5.95. The van der Waals surface area contributed by atoms with E-state index in [0.717, 1.165) is 12.1 Å². The van der Waals surface area contributed by atoms with E-state index in [0.29, 0.717) is 84.2 Å². The largest absolute Gasteiger partial charge is 0.383 e. The van der Waals surface area contributed by atoms with Crippen LogP contribution < -0.4 is 15.1 Å². The highest BCUT2D eigenvalue weighted by Gasteiger charge is 2.52. The number of methoxy groups -OCH3 is 2. The van der Waals surface area contributed by atoms with Crippen molar-refractivity contribution in [3.05, 3.63) is 78.0 Å². The minimum atomic E-state index is -0.843. The first-order valence-electron chi connectivity index (χ1n) is 20.2. The molecule has 6 bridgehead atoms. The smallest absolute Gasteiger partial charge is 0.245 e. The number of piperazine rings is 1. The number of likely N-dealkylation sites (N-methyl/N-ethyl adjacent to an activating group) is 1. The van der Waals surface area contributed by atoms with Gasteiger partial charge in [-0.15, -0.1) is 0 Å². The number of nitrogens with zero attached hydrogens (tertiary/aromatic N) is 11. The number of hydrogen-bond acceptors (Lipinski definition) is 12. The third kappa shape index (κ3) is 6.57. The summed E-state index contributed by atoms with van der Waals surface area (Å²) in [5.74, 6) is -0.533. The molecule has 2 amide bonds. The zero-order valence-electron chi connectivity index (χ0n) is 33.9. The molecule has 19 heteroatoms. The first-order valence-corrected chi connectivity index (χ1v) is 20.2. The number of aryl methyl sites for hydroxylation is 1. The molecule has 9 heterocycles. The lowest BCUT2D eigenvalue weighted by atomic mass is 9.87. The molecule has 316 valence electrons. The molecule has 0 unspecified atom stereocenters. The monoisotopic (exact) mass is 836 g/mol. The van der Waals surface area contributed by atoms with E-state index in [4.69, 9.17) is 24.4 Å². The van der Waals surface area contributed by atoms with Gasteiger partial charge in [0.1, 0.15) is 46.9 Å². The molecule has 2 aromatic carbocycles. The Hall–Kier alpha value is -6.34. The second kappa shape index (κ2) is 15.0. The fraction of sp³-hybridized carbons (Fsp3) is 0.405. The summed E-state index contributed by atoms with van der Waals surface area (Å²) in [6, 6.07) is 9.84. The van der Waals surface area contributed by atoms with E-state index in [1.165, 1.54) is 29.1 Å². The summed E-state index contributed by atoms with van der Waals surface area (Å²) in [6.07, 6.45) is 1.98. The van der Waals surface area contributed by atoms with E-state index in [9.17, 15) is 14.0 Å². The van der Waals surface area contributed by atoms with Crippen molar-refractivity contribution in [3.63, 3.8) is 0 Å². The first kappa shape index (κ1) is 38.8. The summed E-state index contributed by atoms with van der Waals surface area (Å²) >= 11 is 0. The highest BCUT2D eigenvalue weighted by atomic mass is 19.1. The fourth-order valence-electron chi connectivity index (χ4n) is 9.40. The summed E-state index contributed by atoms with van der Waals surface area (Å²) in [5, 5.41) is 8.50. The Bertz CT molecular complexity index is 2730. The summed E-state index contributed by atoms with van der Waals surface area (Å²) in [5.41, 5.74) is 2.50. The molecule has 5 aliphatic heterocycles. The van der Waals surface area contributed by atoms with Crippen molar-refractivity contribution in [3.8, 4) is 16.9 Å². The van der Waals surface area contributed by atoms with Crippen LogP contribution >= 0.6 is 0 Å². The maximum atomic E-state index is 15.4. The average molecular weight is 837 g/mol. The number of rotatable bonds is 7. The Balaban J connectivity index is 1.09. The van der Waals surface area contributed by atoms with E-state index in [-0.39, 0.29) is 54.3 Å². The van der Waals surface area contributed by atoms with Gasteiger partial charge >= 0.3 is 0 Å². The molecule has 1 N–H and O–H groups in total. The Morgan fingerprint density at radius 3 is 2.52 bits per heavy atom. The van der Waals surface area contributed by atoms with Gasteiger partial charge in [-0.1, -0.05) is 6.07 Å². The van der Waals surface area contributed by atoms with Crippen LogP contribution in [0.2, 0.25) is 0 Å². The van der Waals surface area contributed by atoms with Crippen LogP contribution in [0.3, 0.4) is 0 Å².